The van der Waals surface area contributed by atoms with E-state index in [2.05, 4.69) is 24.4 Å². The molecule has 3 heteroatoms. The van der Waals surface area contributed by atoms with Crippen LogP contribution in [-0.2, 0) is 13.2 Å². The fraction of sp³-hybridized carbons (Fsp3) is 0.333. The van der Waals surface area contributed by atoms with Crippen molar-refractivity contribution in [1.29, 1.82) is 0 Å². The van der Waals surface area contributed by atoms with Crippen LogP contribution in [0.25, 0.3) is 0 Å². The van der Waals surface area contributed by atoms with Crippen LogP contribution in [0.15, 0.2) is 42.5 Å². The van der Waals surface area contributed by atoms with Gasteiger partial charge in [0.15, 0.2) is 0 Å². The fourth-order valence-corrected chi connectivity index (χ4v) is 2.14. The Bertz CT molecular complexity index is 583. The number of benzene rings is 2. The highest BCUT2D eigenvalue weighted by molar-refractivity contribution is 5.30. The van der Waals surface area contributed by atoms with Crippen molar-refractivity contribution in [3.63, 3.8) is 0 Å². The molecule has 21 heavy (non-hydrogen) atoms. The predicted molar refractivity (Wildman–Crippen MR) is 83.9 cm³/mol. The van der Waals surface area contributed by atoms with Crippen molar-refractivity contribution in [3.05, 3.63) is 65.0 Å². The van der Waals surface area contributed by atoms with Crippen molar-refractivity contribution >= 4 is 0 Å². The van der Waals surface area contributed by atoms with E-state index in [1.54, 1.807) is 19.1 Å². The Morgan fingerprint density at radius 2 is 1.86 bits per heavy atom. The molecule has 0 aromatic heterocycles. The molecular weight excluding hydrogens is 265 g/mol. The van der Waals surface area contributed by atoms with E-state index in [1.165, 1.54) is 11.6 Å². The Morgan fingerprint density at radius 1 is 1.10 bits per heavy atom. The molecule has 0 radical (unpaired) electrons. The van der Waals surface area contributed by atoms with Gasteiger partial charge in [0.05, 0.1) is 0 Å². The van der Waals surface area contributed by atoms with Gasteiger partial charge in [0, 0.05) is 6.54 Å². The minimum atomic E-state index is -0.202. The first-order valence-electron chi connectivity index (χ1n) is 7.37. The van der Waals surface area contributed by atoms with E-state index >= 15 is 0 Å². The van der Waals surface area contributed by atoms with Crippen LogP contribution in [0, 0.1) is 12.7 Å². The molecule has 0 aliphatic carbocycles. The molecule has 2 nitrogen and oxygen atoms in total. The van der Waals surface area contributed by atoms with Gasteiger partial charge in [0.1, 0.15) is 18.2 Å². The second-order valence-electron chi connectivity index (χ2n) is 5.15. The van der Waals surface area contributed by atoms with Crippen LogP contribution in [0.5, 0.6) is 5.75 Å². The number of halogens is 1. The summed E-state index contributed by atoms with van der Waals surface area (Å²) in [4.78, 5) is 0. The molecule has 0 spiro atoms. The predicted octanol–water partition coefficient (Wildman–Crippen LogP) is 4.21. The molecule has 0 atom stereocenters. The van der Waals surface area contributed by atoms with Gasteiger partial charge in [-0.3, -0.25) is 0 Å². The first-order valence-corrected chi connectivity index (χ1v) is 7.37. The quantitative estimate of drug-likeness (QED) is 0.770. The minimum Gasteiger partial charge on any atom is -0.489 e. The van der Waals surface area contributed by atoms with E-state index in [4.69, 9.17) is 4.74 Å². The van der Waals surface area contributed by atoms with E-state index in [9.17, 15) is 4.39 Å². The Hall–Kier alpha value is -1.87. The van der Waals surface area contributed by atoms with E-state index in [-0.39, 0.29) is 5.82 Å². The summed E-state index contributed by atoms with van der Waals surface area (Å²) in [7, 11) is 0. The van der Waals surface area contributed by atoms with E-state index < -0.39 is 0 Å². The lowest BCUT2D eigenvalue weighted by atomic mass is 10.1. The summed E-state index contributed by atoms with van der Waals surface area (Å²) in [6.07, 6.45) is 1.12. The summed E-state index contributed by atoms with van der Waals surface area (Å²) in [5.74, 6) is 0.497. The molecule has 0 unspecified atom stereocenters. The molecule has 2 aromatic carbocycles. The Balaban J connectivity index is 2.00. The average molecular weight is 287 g/mol. The van der Waals surface area contributed by atoms with Crippen LogP contribution >= 0.6 is 0 Å². The van der Waals surface area contributed by atoms with Gasteiger partial charge < -0.3 is 10.1 Å². The highest BCUT2D eigenvalue weighted by atomic mass is 19.1. The van der Waals surface area contributed by atoms with E-state index in [0.717, 1.165) is 25.1 Å². The Kier molecular flexibility index (Phi) is 5.76. The molecule has 1 N–H and O–H groups in total. The lowest BCUT2D eigenvalue weighted by Crippen LogP contribution is -2.15. The maximum atomic E-state index is 13.2. The number of ether oxygens (including phenoxy) is 1. The average Bonchev–Trinajstić information content (AvgIpc) is 2.50. The summed E-state index contributed by atoms with van der Waals surface area (Å²) >= 11 is 0. The van der Waals surface area contributed by atoms with Crippen LogP contribution in [0.1, 0.15) is 30.0 Å². The van der Waals surface area contributed by atoms with Crippen LogP contribution < -0.4 is 10.1 Å². The van der Waals surface area contributed by atoms with Gasteiger partial charge in [-0.15, -0.1) is 0 Å². The van der Waals surface area contributed by atoms with E-state index in [0.29, 0.717) is 17.9 Å². The largest absolute Gasteiger partial charge is 0.489 e. The van der Waals surface area contributed by atoms with Gasteiger partial charge in [0.2, 0.25) is 0 Å². The molecule has 0 fully saturated rings. The first-order chi connectivity index (χ1) is 10.2. The summed E-state index contributed by atoms with van der Waals surface area (Å²) < 4.78 is 19.0. The van der Waals surface area contributed by atoms with Crippen molar-refractivity contribution in [1.82, 2.24) is 5.32 Å². The lowest BCUT2D eigenvalue weighted by molar-refractivity contribution is 0.304. The zero-order chi connectivity index (χ0) is 15.1. The molecule has 2 rings (SSSR count). The van der Waals surface area contributed by atoms with Gasteiger partial charge in [0.25, 0.3) is 0 Å². The van der Waals surface area contributed by atoms with Crippen molar-refractivity contribution < 1.29 is 9.13 Å². The van der Waals surface area contributed by atoms with Crippen molar-refractivity contribution in [2.75, 3.05) is 6.54 Å². The van der Waals surface area contributed by atoms with Crippen molar-refractivity contribution in [2.45, 2.75) is 33.4 Å². The van der Waals surface area contributed by atoms with Crippen molar-refractivity contribution in [2.24, 2.45) is 0 Å². The van der Waals surface area contributed by atoms with Gasteiger partial charge in [-0.25, -0.2) is 4.39 Å². The van der Waals surface area contributed by atoms with Gasteiger partial charge in [-0.1, -0.05) is 31.2 Å². The zero-order valence-electron chi connectivity index (χ0n) is 12.7. The molecule has 0 bridgehead atoms. The summed E-state index contributed by atoms with van der Waals surface area (Å²) in [5.41, 5.74) is 3.00. The standard InChI is InChI=1S/C18H22FNO/c1-3-10-20-12-15-6-4-5-7-16(15)13-21-17-8-9-18(19)14(2)11-17/h4-9,11,20H,3,10,12-13H2,1-2H3. The lowest BCUT2D eigenvalue weighted by Gasteiger charge is -2.12. The van der Waals surface area contributed by atoms with Crippen LogP contribution in [0.3, 0.4) is 0 Å². The highest BCUT2D eigenvalue weighted by Gasteiger charge is 2.04. The molecule has 0 heterocycles. The summed E-state index contributed by atoms with van der Waals surface area (Å²) in [6, 6.07) is 13.1. The molecule has 0 aliphatic rings. The number of aryl methyl sites for hydroxylation is 1. The molecule has 0 saturated heterocycles. The first kappa shape index (κ1) is 15.5. The zero-order valence-corrected chi connectivity index (χ0v) is 12.7. The van der Waals surface area contributed by atoms with Crippen LogP contribution in [0.2, 0.25) is 0 Å². The normalized spacial score (nSPS) is 10.6. The van der Waals surface area contributed by atoms with Crippen LogP contribution in [0.4, 0.5) is 4.39 Å². The SMILES string of the molecule is CCCNCc1ccccc1COc1ccc(F)c(C)c1. The van der Waals surface area contributed by atoms with Crippen LogP contribution in [-0.4, -0.2) is 6.54 Å². The monoisotopic (exact) mass is 287 g/mol. The highest BCUT2D eigenvalue weighted by Crippen LogP contribution is 2.18. The molecule has 0 amide bonds. The Morgan fingerprint density at radius 3 is 2.57 bits per heavy atom. The third kappa shape index (κ3) is 4.57. The van der Waals surface area contributed by atoms with Gasteiger partial charge >= 0.3 is 0 Å². The molecule has 0 aliphatic heterocycles. The second kappa shape index (κ2) is 7.79. The van der Waals surface area contributed by atoms with Gasteiger partial charge in [-0.05, 0) is 54.8 Å². The maximum absolute atomic E-state index is 13.2. The molecule has 0 saturated carbocycles. The molecule has 2 aromatic rings. The molecule has 112 valence electrons. The third-order valence-electron chi connectivity index (χ3n) is 3.38. The minimum absolute atomic E-state index is 0.202. The maximum Gasteiger partial charge on any atom is 0.126 e. The van der Waals surface area contributed by atoms with Crippen molar-refractivity contribution in [3.8, 4) is 5.75 Å². The number of nitrogens with one attached hydrogen (secondary N) is 1. The van der Waals surface area contributed by atoms with Gasteiger partial charge in [-0.2, -0.15) is 0 Å². The second-order valence-corrected chi connectivity index (χ2v) is 5.15. The molecular formula is C18H22FNO. The fourth-order valence-electron chi connectivity index (χ4n) is 2.14. The third-order valence-corrected chi connectivity index (χ3v) is 3.38. The summed E-state index contributed by atoms with van der Waals surface area (Å²) in [6.45, 7) is 6.24. The van der Waals surface area contributed by atoms with E-state index in [1.807, 2.05) is 12.1 Å². The summed E-state index contributed by atoms with van der Waals surface area (Å²) in [5, 5.41) is 3.40. The number of hydrogen-bond donors (Lipinski definition) is 1. The Labute approximate surface area is 126 Å². The number of hydrogen-bond acceptors (Lipinski definition) is 2. The topological polar surface area (TPSA) is 21.3 Å². The smallest absolute Gasteiger partial charge is 0.126 e. The number of rotatable bonds is 7.